The van der Waals surface area contributed by atoms with Crippen molar-refractivity contribution >= 4 is 11.7 Å². The highest BCUT2D eigenvalue weighted by Crippen LogP contribution is 2.35. The van der Waals surface area contributed by atoms with E-state index in [-0.39, 0.29) is 29.9 Å². The van der Waals surface area contributed by atoms with Gasteiger partial charge in [0.2, 0.25) is 0 Å². The summed E-state index contributed by atoms with van der Waals surface area (Å²) in [7, 11) is 4.94. The van der Waals surface area contributed by atoms with Crippen molar-refractivity contribution in [3.05, 3.63) is 29.6 Å². The molecular formula is C19H24FN3O4. The number of nitrogens with zero attached hydrogens (tertiary/aromatic N) is 3. The number of methoxy groups -OCH3 is 1. The van der Waals surface area contributed by atoms with Crippen LogP contribution >= 0.6 is 0 Å². The smallest absolute Gasteiger partial charge is 0.261 e. The lowest BCUT2D eigenvalue weighted by Gasteiger charge is -2.31. The second-order valence-electron chi connectivity index (χ2n) is 6.87. The van der Waals surface area contributed by atoms with Gasteiger partial charge in [-0.05, 0) is 37.0 Å². The third-order valence-electron chi connectivity index (χ3n) is 4.88. The van der Waals surface area contributed by atoms with Crippen LogP contribution in [0.25, 0.3) is 11.3 Å². The van der Waals surface area contributed by atoms with Gasteiger partial charge in [0.15, 0.2) is 23.1 Å². The van der Waals surface area contributed by atoms with Gasteiger partial charge in [-0.1, -0.05) is 5.16 Å². The maximum absolute atomic E-state index is 13.8. The molecule has 1 saturated heterocycles. The first kappa shape index (κ1) is 19.2. The van der Waals surface area contributed by atoms with E-state index < -0.39 is 5.82 Å². The molecule has 1 aliphatic rings. The SMILES string of the molecule is COc1cc(-c2onc(N(C)C)c2C(=O)N2CCC(CO)CC2)ccc1F. The maximum atomic E-state index is 13.8. The summed E-state index contributed by atoms with van der Waals surface area (Å²) in [6.45, 7) is 1.27. The minimum absolute atomic E-state index is 0.0671. The Hall–Kier alpha value is -2.61. The fraction of sp³-hybridized carbons (Fsp3) is 0.474. The van der Waals surface area contributed by atoms with E-state index in [1.807, 2.05) is 0 Å². The highest BCUT2D eigenvalue weighted by Gasteiger charge is 2.31. The average molecular weight is 377 g/mol. The Bertz CT molecular complexity index is 813. The molecular weight excluding hydrogens is 353 g/mol. The van der Waals surface area contributed by atoms with Crippen molar-refractivity contribution < 1.29 is 23.6 Å². The average Bonchev–Trinajstić information content (AvgIpc) is 3.13. The Morgan fingerprint density at radius 2 is 2.11 bits per heavy atom. The quantitative estimate of drug-likeness (QED) is 0.862. The number of halogens is 1. The summed E-state index contributed by atoms with van der Waals surface area (Å²) < 4.78 is 24.3. The van der Waals surface area contributed by atoms with Crippen LogP contribution in [0.15, 0.2) is 22.7 Å². The van der Waals surface area contributed by atoms with E-state index in [2.05, 4.69) is 5.16 Å². The number of carbonyl (C=O) groups is 1. The first-order valence-electron chi connectivity index (χ1n) is 8.87. The van der Waals surface area contributed by atoms with E-state index in [9.17, 15) is 14.3 Å². The third-order valence-corrected chi connectivity index (χ3v) is 4.88. The van der Waals surface area contributed by atoms with E-state index >= 15 is 0 Å². The number of aliphatic hydroxyl groups excluding tert-OH is 1. The number of benzene rings is 1. The second-order valence-corrected chi connectivity index (χ2v) is 6.87. The van der Waals surface area contributed by atoms with Crippen LogP contribution in [0.1, 0.15) is 23.2 Å². The molecule has 0 radical (unpaired) electrons. The molecule has 7 nitrogen and oxygen atoms in total. The standard InChI is InChI=1S/C19H24FN3O4/c1-22(2)18-16(19(25)23-8-6-12(11-24)7-9-23)17(27-21-18)13-4-5-14(20)15(10-13)26-3/h4-5,10,12,24H,6-9,11H2,1-3H3. The monoisotopic (exact) mass is 377 g/mol. The van der Waals surface area contributed by atoms with Gasteiger partial charge in [-0.15, -0.1) is 0 Å². The normalized spacial score (nSPS) is 15.1. The Balaban J connectivity index is 1.99. The van der Waals surface area contributed by atoms with E-state index in [4.69, 9.17) is 9.26 Å². The molecule has 0 bridgehead atoms. The molecule has 0 atom stereocenters. The molecule has 146 valence electrons. The summed E-state index contributed by atoms with van der Waals surface area (Å²) in [4.78, 5) is 16.7. The number of anilines is 1. The first-order chi connectivity index (χ1) is 13.0. The van der Waals surface area contributed by atoms with Gasteiger partial charge in [-0.2, -0.15) is 0 Å². The molecule has 1 aromatic carbocycles. The molecule has 2 heterocycles. The predicted octanol–water partition coefficient (Wildman–Crippen LogP) is 2.40. The van der Waals surface area contributed by atoms with Gasteiger partial charge in [-0.25, -0.2) is 4.39 Å². The summed E-state index contributed by atoms with van der Waals surface area (Å²) >= 11 is 0. The van der Waals surface area contributed by atoms with Crippen molar-refractivity contribution in [2.75, 3.05) is 45.8 Å². The predicted molar refractivity (Wildman–Crippen MR) is 98.5 cm³/mol. The van der Waals surface area contributed by atoms with Crippen LogP contribution in [-0.2, 0) is 0 Å². The van der Waals surface area contributed by atoms with Gasteiger partial charge in [0, 0.05) is 39.4 Å². The first-order valence-corrected chi connectivity index (χ1v) is 8.87. The lowest BCUT2D eigenvalue weighted by molar-refractivity contribution is 0.0651. The van der Waals surface area contributed by atoms with Crippen LogP contribution < -0.4 is 9.64 Å². The molecule has 1 fully saturated rings. The molecule has 3 rings (SSSR count). The molecule has 1 amide bonds. The number of carbonyl (C=O) groups excluding carboxylic acids is 1. The number of amides is 1. The lowest BCUT2D eigenvalue weighted by atomic mass is 9.97. The van der Waals surface area contributed by atoms with Crippen molar-refractivity contribution in [1.29, 1.82) is 0 Å². The van der Waals surface area contributed by atoms with E-state index in [0.717, 1.165) is 12.8 Å². The summed E-state index contributed by atoms with van der Waals surface area (Å²) in [5.41, 5.74) is 0.860. The Kier molecular flexibility index (Phi) is 5.65. The molecule has 0 unspecified atom stereocenters. The number of hydrogen-bond acceptors (Lipinski definition) is 6. The molecule has 1 N–H and O–H groups in total. The minimum Gasteiger partial charge on any atom is -0.494 e. The largest absolute Gasteiger partial charge is 0.494 e. The van der Waals surface area contributed by atoms with E-state index in [1.165, 1.54) is 25.3 Å². The number of aromatic nitrogens is 1. The minimum atomic E-state index is -0.493. The van der Waals surface area contributed by atoms with Gasteiger partial charge < -0.3 is 24.2 Å². The van der Waals surface area contributed by atoms with Gasteiger partial charge in [0.25, 0.3) is 5.91 Å². The number of aliphatic hydroxyl groups is 1. The van der Waals surface area contributed by atoms with Crippen LogP contribution in [0.5, 0.6) is 5.75 Å². The number of likely N-dealkylation sites (tertiary alicyclic amines) is 1. The summed E-state index contributed by atoms with van der Waals surface area (Å²) in [6.07, 6.45) is 1.51. The van der Waals surface area contributed by atoms with E-state index in [0.29, 0.717) is 30.0 Å². The number of piperidine rings is 1. The molecule has 1 aromatic heterocycles. The van der Waals surface area contributed by atoms with Crippen molar-refractivity contribution in [3.63, 3.8) is 0 Å². The lowest BCUT2D eigenvalue weighted by Crippen LogP contribution is -2.39. The van der Waals surface area contributed by atoms with Crippen molar-refractivity contribution in [3.8, 4) is 17.1 Å². The van der Waals surface area contributed by atoms with Crippen molar-refractivity contribution in [2.24, 2.45) is 5.92 Å². The van der Waals surface area contributed by atoms with Crippen LogP contribution in [-0.4, -0.2) is 62.0 Å². The molecule has 8 heteroatoms. The second kappa shape index (κ2) is 7.96. The van der Waals surface area contributed by atoms with E-state index in [1.54, 1.807) is 23.9 Å². The zero-order valence-electron chi connectivity index (χ0n) is 15.7. The zero-order chi connectivity index (χ0) is 19.6. The van der Waals surface area contributed by atoms with Crippen molar-refractivity contribution in [1.82, 2.24) is 10.1 Å². The Morgan fingerprint density at radius 1 is 1.41 bits per heavy atom. The molecule has 1 aliphatic heterocycles. The molecule has 0 aliphatic carbocycles. The highest BCUT2D eigenvalue weighted by atomic mass is 19.1. The summed E-state index contributed by atoms with van der Waals surface area (Å²) in [5, 5.41) is 13.3. The number of hydrogen-bond donors (Lipinski definition) is 1. The fourth-order valence-electron chi connectivity index (χ4n) is 3.25. The van der Waals surface area contributed by atoms with Crippen LogP contribution in [0.3, 0.4) is 0 Å². The maximum Gasteiger partial charge on any atom is 0.261 e. The fourth-order valence-corrected chi connectivity index (χ4v) is 3.25. The number of ether oxygens (including phenoxy) is 1. The number of rotatable bonds is 5. The summed E-state index contributed by atoms with van der Waals surface area (Å²) in [6, 6.07) is 4.30. The van der Waals surface area contributed by atoms with Crippen molar-refractivity contribution in [2.45, 2.75) is 12.8 Å². The molecule has 0 saturated carbocycles. The molecule has 27 heavy (non-hydrogen) atoms. The van der Waals surface area contributed by atoms with Gasteiger partial charge in [0.05, 0.1) is 7.11 Å². The molecule has 2 aromatic rings. The Labute approximate surface area is 157 Å². The van der Waals surface area contributed by atoms with Crippen LogP contribution in [0.4, 0.5) is 10.2 Å². The Morgan fingerprint density at radius 3 is 2.70 bits per heavy atom. The topological polar surface area (TPSA) is 79.0 Å². The van der Waals surface area contributed by atoms with Gasteiger partial charge >= 0.3 is 0 Å². The summed E-state index contributed by atoms with van der Waals surface area (Å²) in [5.74, 6) is 0.319. The van der Waals surface area contributed by atoms with Crippen LogP contribution in [0, 0.1) is 11.7 Å². The molecule has 0 spiro atoms. The van der Waals surface area contributed by atoms with Gasteiger partial charge in [-0.3, -0.25) is 4.79 Å². The highest BCUT2D eigenvalue weighted by molar-refractivity contribution is 6.04. The zero-order valence-corrected chi connectivity index (χ0v) is 15.7. The van der Waals surface area contributed by atoms with Gasteiger partial charge in [0.1, 0.15) is 5.56 Å². The van der Waals surface area contributed by atoms with Crippen LogP contribution in [0.2, 0.25) is 0 Å². The third kappa shape index (κ3) is 3.75.